The fourth-order valence-electron chi connectivity index (χ4n) is 2.81. The first kappa shape index (κ1) is 20.4. The van der Waals surface area contributed by atoms with E-state index < -0.39 is 27.7 Å². The van der Waals surface area contributed by atoms with Gasteiger partial charge in [0.2, 0.25) is 0 Å². The third-order valence-electron chi connectivity index (χ3n) is 4.32. The molecular weight excluding hydrogens is 409 g/mol. The predicted molar refractivity (Wildman–Crippen MR) is 101 cm³/mol. The minimum Gasteiger partial charge on any atom is -0.454 e. The smallest absolute Gasteiger partial charge is 0.293 e. The van der Waals surface area contributed by atoms with Crippen LogP contribution in [0.25, 0.3) is 10.4 Å². The molecule has 1 amide bonds. The highest BCUT2D eigenvalue weighted by Gasteiger charge is 2.34. The number of aryl methyl sites for hydroxylation is 1. The number of nitrogens with one attached hydrogen (secondary N) is 2. The molecule has 1 saturated heterocycles. The third-order valence-corrected chi connectivity index (χ3v) is 6.57. The Hall–Kier alpha value is -2.37. The second-order valence-electron chi connectivity index (χ2n) is 6.41. The fraction of sp³-hybridized carbons (Fsp3) is 0.353. The zero-order chi connectivity index (χ0) is 20.5. The molecule has 2 N–H and O–H groups in total. The van der Waals surface area contributed by atoms with E-state index in [1.54, 1.807) is 6.92 Å². The van der Waals surface area contributed by atoms with Crippen molar-refractivity contribution >= 4 is 38.7 Å². The summed E-state index contributed by atoms with van der Waals surface area (Å²) in [6, 6.07) is 3.82. The molecule has 1 atom stereocenters. The monoisotopic (exact) mass is 427 g/mol. The van der Waals surface area contributed by atoms with Crippen LogP contribution in [0.5, 0.6) is 0 Å². The number of nitrogens with zero attached hydrogens (tertiary/aromatic N) is 1. The first-order chi connectivity index (χ1) is 13.2. The van der Waals surface area contributed by atoms with Gasteiger partial charge < -0.3 is 10.1 Å². The van der Waals surface area contributed by atoms with Crippen LogP contribution >= 0.6 is 11.3 Å². The maximum absolute atomic E-state index is 14.2. The molecule has 1 aromatic carbocycles. The van der Waals surface area contributed by atoms with E-state index in [1.165, 1.54) is 12.1 Å². The average Bonchev–Trinajstić information content (AvgIpc) is 2.91. The van der Waals surface area contributed by atoms with Gasteiger partial charge in [-0.05, 0) is 24.6 Å². The zero-order valence-electron chi connectivity index (χ0n) is 15.1. The third kappa shape index (κ3) is 4.21. The number of carbonyl (C=O) groups excluding carboxylic acids is 2. The molecule has 11 heteroatoms. The first-order valence-electron chi connectivity index (χ1n) is 8.29. The Morgan fingerprint density at radius 3 is 2.71 bits per heavy atom. The molecule has 3 rings (SSSR count). The highest BCUT2D eigenvalue weighted by Crippen LogP contribution is 2.34. The van der Waals surface area contributed by atoms with Crippen molar-refractivity contribution in [3.8, 4) is 10.4 Å². The molecule has 0 radical (unpaired) electrons. The Kier molecular flexibility index (Phi) is 5.77. The maximum atomic E-state index is 14.2. The van der Waals surface area contributed by atoms with Crippen LogP contribution in [0.3, 0.4) is 0 Å². The lowest BCUT2D eigenvalue weighted by molar-refractivity contribution is -0.146. The number of rotatable bonds is 7. The molecule has 2 aromatic rings. The van der Waals surface area contributed by atoms with E-state index in [0.29, 0.717) is 29.2 Å². The van der Waals surface area contributed by atoms with E-state index in [-0.39, 0.29) is 22.4 Å². The summed E-state index contributed by atoms with van der Waals surface area (Å²) >= 11 is 1.12. The molecule has 1 unspecified atom stereocenters. The molecule has 2 heterocycles. The minimum atomic E-state index is -3.67. The highest BCUT2D eigenvalue weighted by molar-refractivity contribution is 7.90. The molecule has 1 fully saturated rings. The molecular formula is C17H18FN3O5S2. The van der Waals surface area contributed by atoms with Crippen molar-refractivity contribution in [2.75, 3.05) is 24.7 Å². The van der Waals surface area contributed by atoms with Crippen LogP contribution < -0.4 is 10.6 Å². The number of hydrogen-bond donors (Lipinski definition) is 2. The van der Waals surface area contributed by atoms with Crippen LogP contribution in [-0.4, -0.2) is 51.2 Å². The number of carbonyl (C=O) groups is 2. The number of halogens is 1. The molecule has 0 bridgehead atoms. The van der Waals surface area contributed by atoms with Crippen molar-refractivity contribution in [1.82, 2.24) is 10.3 Å². The normalized spacial score (nSPS) is 15.5. The fourth-order valence-corrected chi connectivity index (χ4v) is 4.50. The topological polar surface area (TPSA) is 114 Å². The lowest BCUT2D eigenvalue weighted by Gasteiger charge is -2.32. The van der Waals surface area contributed by atoms with Gasteiger partial charge in [-0.2, -0.15) is 0 Å². The Morgan fingerprint density at radius 1 is 1.46 bits per heavy atom. The summed E-state index contributed by atoms with van der Waals surface area (Å²) in [5.74, 6) is -1.45. The number of ether oxygens (including phenoxy) is 1. The second-order valence-corrected chi connectivity index (χ2v) is 9.39. The number of anilines is 1. The Morgan fingerprint density at radius 2 is 2.18 bits per heavy atom. The van der Waals surface area contributed by atoms with Gasteiger partial charge in [-0.25, -0.2) is 17.8 Å². The maximum Gasteiger partial charge on any atom is 0.293 e. The van der Waals surface area contributed by atoms with Gasteiger partial charge in [0, 0.05) is 25.3 Å². The summed E-state index contributed by atoms with van der Waals surface area (Å²) in [6.07, 6.45) is 0.0180. The van der Waals surface area contributed by atoms with Crippen LogP contribution in [0.15, 0.2) is 23.1 Å². The van der Waals surface area contributed by atoms with Crippen LogP contribution in [0.2, 0.25) is 0 Å². The summed E-state index contributed by atoms with van der Waals surface area (Å²) in [5, 5.41) is 5.91. The van der Waals surface area contributed by atoms with E-state index in [4.69, 9.17) is 4.74 Å². The van der Waals surface area contributed by atoms with Gasteiger partial charge in [0.15, 0.2) is 21.1 Å². The Labute approximate surface area is 165 Å². The Balaban J connectivity index is 1.82. The quantitative estimate of drug-likeness (QED) is 0.641. The summed E-state index contributed by atoms with van der Waals surface area (Å²) in [6.45, 7) is 3.08. The minimum absolute atomic E-state index is 0.108. The number of sulfone groups is 1. The molecule has 1 aliphatic heterocycles. The zero-order valence-corrected chi connectivity index (χ0v) is 16.7. The van der Waals surface area contributed by atoms with Gasteiger partial charge in [-0.3, -0.25) is 14.9 Å². The van der Waals surface area contributed by atoms with Crippen LogP contribution in [0, 0.1) is 18.7 Å². The molecule has 0 aliphatic carbocycles. The molecule has 1 aliphatic rings. The molecule has 150 valence electrons. The van der Waals surface area contributed by atoms with E-state index in [0.717, 1.165) is 23.7 Å². The van der Waals surface area contributed by atoms with Gasteiger partial charge >= 0.3 is 0 Å². The number of hydrogen-bond acceptors (Lipinski definition) is 8. The van der Waals surface area contributed by atoms with Crippen LogP contribution in [0.1, 0.15) is 5.69 Å². The summed E-state index contributed by atoms with van der Waals surface area (Å²) in [7, 11) is -3.67. The van der Waals surface area contributed by atoms with E-state index in [1.807, 2.05) is 0 Å². The largest absolute Gasteiger partial charge is 0.454 e. The first-order valence-corrected chi connectivity index (χ1v) is 11.0. The number of aromatic nitrogens is 1. The van der Waals surface area contributed by atoms with Gasteiger partial charge in [-0.15, -0.1) is 0 Å². The molecule has 0 saturated carbocycles. The van der Waals surface area contributed by atoms with Crippen molar-refractivity contribution < 1.29 is 27.1 Å². The summed E-state index contributed by atoms with van der Waals surface area (Å²) < 4.78 is 42.2. The standard InChI is InChI=1S/C17H18FN3O5S2/c1-9-15(10-3-4-13(12(18)5-10)28(2,24)25)27-17(20-9)21-16(23)14(26-8-22)11-6-19-7-11/h3-5,8,11,14,19H,6-7H2,1-2H3,(H,20,21,23). The summed E-state index contributed by atoms with van der Waals surface area (Å²) in [4.78, 5) is 27.6. The lowest BCUT2D eigenvalue weighted by Crippen LogP contribution is -2.53. The van der Waals surface area contributed by atoms with Crippen molar-refractivity contribution in [2.45, 2.75) is 17.9 Å². The van der Waals surface area contributed by atoms with Gasteiger partial charge in [-0.1, -0.05) is 17.4 Å². The van der Waals surface area contributed by atoms with Crippen LogP contribution in [0.4, 0.5) is 9.52 Å². The Bertz CT molecular complexity index is 1020. The molecule has 28 heavy (non-hydrogen) atoms. The van der Waals surface area contributed by atoms with E-state index >= 15 is 0 Å². The second kappa shape index (κ2) is 7.94. The van der Waals surface area contributed by atoms with Crippen LogP contribution in [-0.2, 0) is 24.2 Å². The lowest BCUT2D eigenvalue weighted by atomic mass is 9.95. The van der Waals surface area contributed by atoms with Gasteiger partial charge in [0.1, 0.15) is 10.7 Å². The van der Waals surface area contributed by atoms with E-state index in [9.17, 15) is 22.4 Å². The van der Waals surface area contributed by atoms with Crippen molar-refractivity contribution in [2.24, 2.45) is 5.92 Å². The SMILES string of the molecule is Cc1nc(NC(=O)C(OC=O)C2CNC2)sc1-c1ccc(S(C)(=O)=O)c(F)c1. The molecule has 8 nitrogen and oxygen atoms in total. The predicted octanol–water partition coefficient (Wildman–Crippen LogP) is 1.36. The summed E-state index contributed by atoms with van der Waals surface area (Å²) in [5.41, 5.74) is 0.995. The average molecular weight is 427 g/mol. The van der Waals surface area contributed by atoms with Crippen molar-refractivity contribution in [1.29, 1.82) is 0 Å². The number of thiazole rings is 1. The molecule has 0 spiro atoms. The van der Waals surface area contributed by atoms with Gasteiger partial charge in [0.25, 0.3) is 12.4 Å². The number of amides is 1. The van der Waals surface area contributed by atoms with E-state index in [2.05, 4.69) is 15.6 Å². The highest BCUT2D eigenvalue weighted by atomic mass is 32.2. The van der Waals surface area contributed by atoms with Gasteiger partial charge in [0.05, 0.1) is 10.6 Å². The number of benzene rings is 1. The molecule has 1 aromatic heterocycles. The van der Waals surface area contributed by atoms with Crippen molar-refractivity contribution in [3.05, 3.63) is 29.7 Å². The van der Waals surface area contributed by atoms with Crippen molar-refractivity contribution in [3.63, 3.8) is 0 Å².